The number of imidazole rings is 1. The first-order valence-corrected chi connectivity index (χ1v) is 6.45. The van der Waals surface area contributed by atoms with Gasteiger partial charge in [0, 0.05) is 29.7 Å². The summed E-state index contributed by atoms with van der Waals surface area (Å²) < 4.78 is 0. The van der Waals surface area contributed by atoms with Crippen LogP contribution in [0, 0.1) is 0 Å². The van der Waals surface area contributed by atoms with Gasteiger partial charge in [-0.2, -0.15) is 0 Å². The fourth-order valence-corrected chi connectivity index (χ4v) is 2.98. The van der Waals surface area contributed by atoms with Crippen LogP contribution in [0.15, 0.2) is 23.8 Å². The first-order valence-electron chi connectivity index (χ1n) is 5.57. The van der Waals surface area contributed by atoms with E-state index in [1.54, 1.807) is 6.20 Å². The van der Waals surface area contributed by atoms with Gasteiger partial charge in [0.05, 0.1) is 0 Å². The molecule has 3 nitrogen and oxygen atoms in total. The molecule has 86 valence electrons. The van der Waals surface area contributed by atoms with E-state index in [2.05, 4.69) is 33.7 Å². The quantitative estimate of drug-likeness (QED) is 0.836. The molecule has 4 heteroatoms. The number of rotatable bonds is 5. The number of nitrogens with zero attached hydrogens (tertiary/aromatic N) is 1. The van der Waals surface area contributed by atoms with Gasteiger partial charge in [-0.25, -0.2) is 4.98 Å². The molecule has 0 bridgehead atoms. The smallest absolute Gasteiger partial charge is 0.107 e. The van der Waals surface area contributed by atoms with E-state index in [4.69, 9.17) is 0 Å². The fourth-order valence-electron chi connectivity index (χ4n) is 1.87. The standard InChI is InChI=1S/C12H17N3S/c1-3-9-4-7-16-12(9)10(13-2)8-11-14-5-6-15-11/h4-7,10,13H,3,8H2,1-2H3,(H,14,15). The third kappa shape index (κ3) is 2.33. The average molecular weight is 235 g/mol. The Morgan fingerprint density at radius 3 is 3.06 bits per heavy atom. The van der Waals surface area contributed by atoms with Crippen LogP contribution in [0.3, 0.4) is 0 Å². The molecule has 2 aromatic rings. The molecule has 2 heterocycles. The lowest BCUT2D eigenvalue weighted by molar-refractivity contribution is 0.583. The lowest BCUT2D eigenvalue weighted by Crippen LogP contribution is -2.19. The number of likely N-dealkylation sites (N-methyl/N-ethyl adjacent to an activating group) is 1. The van der Waals surface area contributed by atoms with E-state index >= 15 is 0 Å². The average Bonchev–Trinajstić information content (AvgIpc) is 2.96. The Hall–Kier alpha value is -1.13. The highest BCUT2D eigenvalue weighted by Crippen LogP contribution is 2.26. The Kier molecular flexibility index (Phi) is 3.74. The number of hydrogen-bond acceptors (Lipinski definition) is 3. The minimum absolute atomic E-state index is 0.362. The predicted molar refractivity (Wildman–Crippen MR) is 67.8 cm³/mol. The van der Waals surface area contributed by atoms with E-state index in [0.29, 0.717) is 6.04 Å². The van der Waals surface area contributed by atoms with E-state index in [1.165, 1.54) is 10.4 Å². The molecular formula is C12H17N3S. The van der Waals surface area contributed by atoms with Crippen molar-refractivity contribution in [1.29, 1.82) is 0 Å². The van der Waals surface area contributed by atoms with Crippen molar-refractivity contribution in [2.24, 2.45) is 0 Å². The second-order valence-corrected chi connectivity index (χ2v) is 4.69. The van der Waals surface area contributed by atoms with Crippen LogP contribution in [-0.2, 0) is 12.8 Å². The topological polar surface area (TPSA) is 40.7 Å². The molecule has 0 saturated carbocycles. The van der Waals surface area contributed by atoms with Gasteiger partial charge in [0.1, 0.15) is 5.82 Å². The Morgan fingerprint density at radius 1 is 1.56 bits per heavy atom. The van der Waals surface area contributed by atoms with Crippen LogP contribution < -0.4 is 5.32 Å². The normalized spacial score (nSPS) is 12.9. The number of thiophene rings is 1. The molecule has 0 radical (unpaired) electrons. The maximum atomic E-state index is 4.28. The highest BCUT2D eigenvalue weighted by atomic mass is 32.1. The molecular weight excluding hydrogens is 218 g/mol. The van der Waals surface area contributed by atoms with Crippen LogP contribution in [0.5, 0.6) is 0 Å². The lowest BCUT2D eigenvalue weighted by atomic mass is 10.1. The van der Waals surface area contributed by atoms with Crippen molar-refractivity contribution in [2.75, 3.05) is 7.05 Å². The SMILES string of the molecule is CCc1ccsc1C(Cc1ncc[nH]1)NC. The van der Waals surface area contributed by atoms with Gasteiger partial charge in [-0.05, 0) is 30.5 Å². The monoisotopic (exact) mass is 235 g/mol. The van der Waals surface area contributed by atoms with Gasteiger partial charge in [0.25, 0.3) is 0 Å². The number of nitrogens with one attached hydrogen (secondary N) is 2. The van der Waals surface area contributed by atoms with Gasteiger partial charge < -0.3 is 10.3 Å². The maximum Gasteiger partial charge on any atom is 0.107 e. The molecule has 0 amide bonds. The zero-order valence-electron chi connectivity index (χ0n) is 9.66. The predicted octanol–water partition coefficient (Wildman–Crippen LogP) is 2.54. The van der Waals surface area contributed by atoms with Crippen molar-refractivity contribution in [1.82, 2.24) is 15.3 Å². The highest BCUT2D eigenvalue weighted by Gasteiger charge is 2.15. The molecule has 0 fully saturated rings. The molecule has 16 heavy (non-hydrogen) atoms. The lowest BCUT2D eigenvalue weighted by Gasteiger charge is -2.15. The van der Waals surface area contributed by atoms with Crippen LogP contribution in [0.4, 0.5) is 0 Å². The summed E-state index contributed by atoms with van der Waals surface area (Å²) >= 11 is 1.82. The Bertz CT molecular complexity index is 419. The first-order chi connectivity index (χ1) is 7.85. The van der Waals surface area contributed by atoms with Crippen molar-refractivity contribution < 1.29 is 0 Å². The molecule has 1 unspecified atom stereocenters. The molecule has 0 saturated heterocycles. The van der Waals surface area contributed by atoms with E-state index < -0.39 is 0 Å². The van der Waals surface area contributed by atoms with Crippen molar-refractivity contribution in [3.05, 3.63) is 40.1 Å². The number of aryl methyl sites for hydroxylation is 1. The van der Waals surface area contributed by atoms with Crippen LogP contribution in [0.1, 0.15) is 29.2 Å². The van der Waals surface area contributed by atoms with E-state index in [9.17, 15) is 0 Å². The highest BCUT2D eigenvalue weighted by molar-refractivity contribution is 7.10. The van der Waals surface area contributed by atoms with E-state index in [-0.39, 0.29) is 0 Å². The molecule has 0 aromatic carbocycles. The summed E-state index contributed by atoms with van der Waals surface area (Å²) in [5, 5.41) is 5.54. The summed E-state index contributed by atoms with van der Waals surface area (Å²) in [5.41, 5.74) is 1.44. The van der Waals surface area contributed by atoms with Crippen molar-refractivity contribution in [2.45, 2.75) is 25.8 Å². The third-order valence-electron chi connectivity index (χ3n) is 2.78. The van der Waals surface area contributed by atoms with E-state index in [1.807, 2.05) is 24.6 Å². The Morgan fingerprint density at radius 2 is 2.44 bits per heavy atom. The summed E-state index contributed by atoms with van der Waals surface area (Å²) in [6, 6.07) is 2.58. The van der Waals surface area contributed by atoms with Gasteiger partial charge in [-0.15, -0.1) is 11.3 Å². The molecule has 2 N–H and O–H groups in total. The molecule has 0 spiro atoms. The summed E-state index contributed by atoms with van der Waals surface area (Å²) in [4.78, 5) is 8.87. The Labute approximate surface area is 99.9 Å². The molecule has 2 rings (SSSR count). The van der Waals surface area contributed by atoms with Crippen LogP contribution in [0.2, 0.25) is 0 Å². The zero-order valence-corrected chi connectivity index (χ0v) is 10.5. The molecule has 0 aliphatic carbocycles. The summed E-state index contributed by atoms with van der Waals surface area (Å²) in [7, 11) is 2.01. The van der Waals surface area contributed by atoms with Gasteiger partial charge in [-0.1, -0.05) is 6.92 Å². The molecule has 1 atom stereocenters. The number of aromatic amines is 1. The number of hydrogen-bond donors (Lipinski definition) is 2. The second-order valence-electron chi connectivity index (χ2n) is 3.74. The second kappa shape index (κ2) is 5.27. The van der Waals surface area contributed by atoms with Crippen LogP contribution >= 0.6 is 11.3 Å². The van der Waals surface area contributed by atoms with Gasteiger partial charge in [-0.3, -0.25) is 0 Å². The van der Waals surface area contributed by atoms with Gasteiger partial charge >= 0.3 is 0 Å². The van der Waals surface area contributed by atoms with Crippen molar-refractivity contribution in [3.63, 3.8) is 0 Å². The summed E-state index contributed by atoms with van der Waals surface area (Å²) in [5.74, 6) is 1.04. The first kappa shape index (κ1) is 11.4. The molecule has 0 aliphatic heterocycles. The Balaban J connectivity index is 2.16. The largest absolute Gasteiger partial charge is 0.349 e. The third-order valence-corrected chi connectivity index (χ3v) is 3.85. The summed E-state index contributed by atoms with van der Waals surface area (Å²) in [6.07, 6.45) is 5.68. The number of H-pyrrole nitrogens is 1. The minimum atomic E-state index is 0.362. The van der Waals surface area contributed by atoms with Gasteiger partial charge in [0.2, 0.25) is 0 Å². The maximum absolute atomic E-state index is 4.28. The fraction of sp³-hybridized carbons (Fsp3) is 0.417. The van der Waals surface area contributed by atoms with Crippen LogP contribution in [-0.4, -0.2) is 17.0 Å². The minimum Gasteiger partial charge on any atom is -0.349 e. The zero-order chi connectivity index (χ0) is 11.4. The molecule has 2 aromatic heterocycles. The van der Waals surface area contributed by atoms with E-state index in [0.717, 1.165) is 18.7 Å². The van der Waals surface area contributed by atoms with Crippen molar-refractivity contribution in [3.8, 4) is 0 Å². The van der Waals surface area contributed by atoms with Gasteiger partial charge in [0.15, 0.2) is 0 Å². The van der Waals surface area contributed by atoms with Crippen molar-refractivity contribution >= 4 is 11.3 Å². The molecule has 0 aliphatic rings. The van der Waals surface area contributed by atoms with Crippen LogP contribution in [0.25, 0.3) is 0 Å². The number of aromatic nitrogens is 2. The summed E-state index contributed by atoms with van der Waals surface area (Å²) in [6.45, 7) is 2.20.